The van der Waals surface area contributed by atoms with Gasteiger partial charge in [-0.25, -0.2) is 0 Å². The van der Waals surface area contributed by atoms with Gasteiger partial charge in [-0.05, 0) is 44.0 Å². The number of aryl methyl sites for hydroxylation is 1. The van der Waals surface area contributed by atoms with E-state index in [1.165, 1.54) is 11.1 Å². The van der Waals surface area contributed by atoms with Crippen LogP contribution in [0.1, 0.15) is 36.0 Å². The molecule has 0 radical (unpaired) electrons. The molecule has 7 nitrogen and oxygen atoms in total. The third-order valence-electron chi connectivity index (χ3n) is 6.77. The summed E-state index contributed by atoms with van der Waals surface area (Å²) < 4.78 is 0. The van der Waals surface area contributed by atoms with Crippen LogP contribution in [0.3, 0.4) is 0 Å². The number of nitrogens with zero attached hydrogens (tertiary/aromatic N) is 3. The van der Waals surface area contributed by atoms with Crippen molar-refractivity contribution < 1.29 is 9.59 Å². The van der Waals surface area contributed by atoms with Gasteiger partial charge in [-0.1, -0.05) is 35.9 Å². The molecular formula is C25H33N5O2. The number of benzene rings is 1. The zero-order chi connectivity index (χ0) is 22.5. The quantitative estimate of drug-likeness (QED) is 0.694. The lowest BCUT2D eigenvalue weighted by atomic mass is 10.0. The number of pyridine rings is 1. The van der Waals surface area contributed by atoms with Crippen molar-refractivity contribution >= 4 is 11.8 Å². The number of hydrogen-bond donors (Lipinski definition) is 2. The van der Waals surface area contributed by atoms with Gasteiger partial charge in [0.2, 0.25) is 11.8 Å². The van der Waals surface area contributed by atoms with Crippen LogP contribution in [0.15, 0.2) is 48.8 Å². The number of fused-ring (bicyclic) bond motifs is 1. The number of likely N-dealkylation sites (N-methyl/N-ethyl adjacent to an activating group) is 1. The molecule has 2 aromatic rings. The van der Waals surface area contributed by atoms with Crippen molar-refractivity contribution in [3.63, 3.8) is 0 Å². The highest BCUT2D eigenvalue weighted by Gasteiger charge is 2.44. The molecule has 2 fully saturated rings. The fraction of sp³-hybridized carbons (Fsp3) is 0.480. The second-order valence-corrected chi connectivity index (χ2v) is 9.00. The van der Waals surface area contributed by atoms with E-state index in [1.807, 2.05) is 12.1 Å². The highest BCUT2D eigenvalue weighted by Crippen LogP contribution is 2.28. The minimum atomic E-state index is -0.147. The van der Waals surface area contributed by atoms with Gasteiger partial charge in [-0.3, -0.25) is 24.4 Å². The first kappa shape index (κ1) is 22.4. The molecule has 1 aromatic heterocycles. The fourth-order valence-electron chi connectivity index (χ4n) is 4.84. The standard InChI is InChI=1S/C25H33N5O2/c1-18-5-7-19(8-6-18)17-30-13-11-22-24(30)25(32)28-16-21(29(22)2)9-10-23(31)27-15-20-4-3-12-26-14-20/h3-8,12,14,21-22,24H,9-11,13,15-17H2,1-2H3,(H,27,31)(H,28,32)/t21-,22+,24-/m0/s1. The third kappa shape index (κ3) is 5.34. The lowest BCUT2D eigenvalue weighted by Crippen LogP contribution is -2.49. The van der Waals surface area contributed by atoms with Crippen LogP contribution in [0.2, 0.25) is 0 Å². The molecule has 0 bridgehead atoms. The summed E-state index contributed by atoms with van der Waals surface area (Å²) in [5.74, 6) is 0.136. The largest absolute Gasteiger partial charge is 0.353 e. The van der Waals surface area contributed by atoms with Gasteiger partial charge in [-0.2, -0.15) is 0 Å². The first-order valence-electron chi connectivity index (χ1n) is 11.5. The van der Waals surface area contributed by atoms with Gasteiger partial charge in [0, 0.05) is 57.1 Å². The number of rotatable bonds is 7. The maximum Gasteiger partial charge on any atom is 0.239 e. The highest BCUT2D eigenvalue weighted by atomic mass is 16.2. The molecule has 0 unspecified atom stereocenters. The Hall–Kier alpha value is -2.77. The van der Waals surface area contributed by atoms with Gasteiger partial charge in [-0.15, -0.1) is 0 Å². The number of likely N-dealkylation sites (tertiary alicyclic amines) is 1. The van der Waals surface area contributed by atoms with Crippen LogP contribution in [0.25, 0.3) is 0 Å². The lowest BCUT2D eigenvalue weighted by Gasteiger charge is -2.33. The molecular weight excluding hydrogens is 402 g/mol. The molecule has 2 aliphatic rings. The van der Waals surface area contributed by atoms with Crippen molar-refractivity contribution in [1.82, 2.24) is 25.4 Å². The number of aromatic nitrogens is 1. The van der Waals surface area contributed by atoms with Gasteiger partial charge in [0.05, 0.1) is 0 Å². The zero-order valence-electron chi connectivity index (χ0n) is 19.0. The molecule has 2 aliphatic heterocycles. The normalized spacial score (nSPS) is 23.9. The first-order chi connectivity index (χ1) is 15.5. The Morgan fingerprint density at radius 1 is 1.22 bits per heavy atom. The van der Waals surface area contributed by atoms with E-state index in [1.54, 1.807) is 12.4 Å². The summed E-state index contributed by atoms with van der Waals surface area (Å²) in [6.45, 7) is 4.84. The van der Waals surface area contributed by atoms with Crippen LogP contribution in [0.4, 0.5) is 0 Å². The van der Waals surface area contributed by atoms with Crippen LogP contribution < -0.4 is 10.6 Å². The average molecular weight is 436 g/mol. The summed E-state index contributed by atoms with van der Waals surface area (Å²) in [7, 11) is 2.10. The highest BCUT2D eigenvalue weighted by molar-refractivity contribution is 5.83. The monoisotopic (exact) mass is 435 g/mol. The van der Waals surface area contributed by atoms with Gasteiger partial charge < -0.3 is 10.6 Å². The number of carbonyl (C=O) groups excluding carboxylic acids is 2. The van der Waals surface area contributed by atoms with Crippen LogP contribution in [0, 0.1) is 6.92 Å². The first-order valence-corrected chi connectivity index (χ1v) is 11.5. The second kappa shape index (κ2) is 10.2. The Bertz CT molecular complexity index is 918. The topological polar surface area (TPSA) is 77.6 Å². The van der Waals surface area contributed by atoms with Crippen molar-refractivity contribution in [1.29, 1.82) is 0 Å². The number of hydrogen-bond acceptors (Lipinski definition) is 5. The van der Waals surface area contributed by atoms with Crippen molar-refractivity contribution in [3.05, 3.63) is 65.5 Å². The summed E-state index contributed by atoms with van der Waals surface area (Å²) in [5, 5.41) is 6.11. The Kier molecular flexibility index (Phi) is 7.17. The van der Waals surface area contributed by atoms with Gasteiger partial charge in [0.15, 0.2) is 0 Å². The van der Waals surface area contributed by atoms with Crippen LogP contribution >= 0.6 is 0 Å². The molecule has 1 aromatic carbocycles. The fourth-order valence-corrected chi connectivity index (χ4v) is 4.84. The number of amides is 2. The zero-order valence-corrected chi connectivity index (χ0v) is 19.0. The van der Waals surface area contributed by atoms with E-state index in [9.17, 15) is 9.59 Å². The maximum atomic E-state index is 13.0. The molecule has 0 saturated carbocycles. The molecule has 7 heteroatoms. The van der Waals surface area contributed by atoms with Gasteiger partial charge in [0.1, 0.15) is 6.04 Å². The predicted molar refractivity (Wildman–Crippen MR) is 124 cm³/mol. The molecule has 2 amide bonds. The molecule has 4 rings (SSSR count). The van der Waals surface area contributed by atoms with E-state index in [-0.39, 0.29) is 29.9 Å². The smallest absolute Gasteiger partial charge is 0.239 e. The van der Waals surface area contributed by atoms with Gasteiger partial charge >= 0.3 is 0 Å². The molecule has 0 aliphatic carbocycles. The minimum Gasteiger partial charge on any atom is -0.353 e. The summed E-state index contributed by atoms with van der Waals surface area (Å²) in [6.07, 6.45) is 5.60. The molecule has 32 heavy (non-hydrogen) atoms. The van der Waals surface area contributed by atoms with Gasteiger partial charge in [0.25, 0.3) is 0 Å². The van der Waals surface area contributed by atoms with Crippen molar-refractivity contribution in [2.45, 2.75) is 57.4 Å². The Morgan fingerprint density at radius 2 is 2.03 bits per heavy atom. The van der Waals surface area contributed by atoms with Crippen molar-refractivity contribution in [3.8, 4) is 0 Å². The van der Waals surface area contributed by atoms with Crippen molar-refractivity contribution in [2.75, 3.05) is 20.1 Å². The van der Waals surface area contributed by atoms with Crippen LogP contribution in [0.5, 0.6) is 0 Å². The lowest BCUT2D eigenvalue weighted by molar-refractivity contribution is -0.126. The number of nitrogens with one attached hydrogen (secondary N) is 2. The van der Waals surface area contributed by atoms with E-state index in [0.717, 1.165) is 31.5 Å². The predicted octanol–water partition coefficient (Wildman–Crippen LogP) is 1.86. The maximum absolute atomic E-state index is 13.0. The SMILES string of the molecule is Cc1ccc(CN2CC[C@@H]3[C@H]2C(=O)NC[C@H](CCC(=O)NCc2cccnc2)N3C)cc1. The summed E-state index contributed by atoms with van der Waals surface area (Å²) in [6, 6.07) is 12.5. The number of carbonyl (C=O) groups is 2. The molecule has 2 N–H and O–H groups in total. The Balaban J connectivity index is 1.32. The van der Waals surface area contributed by atoms with E-state index >= 15 is 0 Å². The van der Waals surface area contributed by atoms with E-state index in [2.05, 4.69) is 63.7 Å². The summed E-state index contributed by atoms with van der Waals surface area (Å²) in [5.41, 5.74) is 3.47. The molecule has 3 heterocycles. The summed E-state index contributed by atoms with van der Waals surface area (Å²) >= 11 is 0. The Labute approximate surface area is 190 Å². The van der Waals surface area contributed by atoms with E-state index in [4.69, 9.17) is 0 Å². The molecule has 0 spiro atoms. The molecule has 170 valence electrons. The van der Waals surface area contributed by atoms with Crippen LogP contribution in [-0.2, 0) is 22.7 Å². The van der Waals surface area contributed by atoms with E-state index in [0.29, 0.717) is 19.5 Å². The van der Waals surface area contributed by atoms with E-state index < -0.39 is 0 Å². The molecule has 2 saturated heterocycles. The van der Waals surface area contributed by atoms with Crippen molar-refractivity contribution in [2.24, 2.45) is 0 Å². The second-order valence-electron chi connectivity index (χ2n) is 9.00. The average Bonchev–Trinajstić information content (AvgIpc) is 3.18. The minimum absolute atomic E-state index is 0.0294. The third-order valence-corrected chi connectivity index (χ3v) is 6.77. The Morgan fingerprint density at radius 3 is 2.78 bits per heavy atom. The molecule has 3 atom stereocenters. The van der Waals surface area contributed by atoms with Crippen LogP contribution in [-0.4, -0.2) is 64.9 Å². The summed E-state index contributed by atoms with van der Waals surface area (Å²) in [4.78, 5) is 34.0.